The topological polar surface area (TPSA) is 124 Å². The maximum absolute atomic E-state index is 13.8. The minimum absolute atomic E-state index is 0.0535. The summed E-state index contributed by atoms with van der Waals surface area (Å²) < 4.78 is 29.4. The molecule has 4 aliphatic rings. The Kier molecular flexibility index (Phi) is 7.55. The van der Waals surface area contributed by atoms with Gasteiger partial charge in [0.25, 0.3) is 15.9 Å². The number of anilines is 3. The van der Waals surface area contributed by atoms with Gasteiger partial charge in [-0.05, 0) is 87.9 Å². The Balaban J connectivity index is 1.28. The molecule has 12 heteroatoms. The predicted molar refractivity (Wildman–Crippen MR) is 183 cm³/mol. The van der Waals surface area contributed by atoms with Crippen molar-refractivity contribution in [3.05, 3.63) is 65.6 Å². The summed E-state index contributed by atoms with van der Waals surface area (Å²) in [6.07, 6.45) is 4.79. The summed E-state index contributed by atoms with van der Waals surface area (Å²) in [6.45, 7) is 15.4. The molecule has 1 aliphatic carbocycles. The van der Waals surface area contributed by atoms with E-state index in [1.165, 1.54) is 6.07 Å². The molecule has 3 aromatic rings. The Morgan fingerprint density at radius 3 is 2.45 bits per heavy atom. The van der Waals surface area contributed by atoms with Gasteiger partial charge in [0.05, 0.1) is 29.2 Å². The fraction of sp³-hybridized carbons (Fsp3) is 0.543. The Morgan fingerprint density at radius 1 is 0.979 bits per heavy atom. The molecule has 7 rings (SSSR count). The number of sulfonamides is 1. The fourth-order valence-corrected chi connectivity index (χ4v) is 8.71. The van der Waals surface area contributed by atoms with Gasteiger partial charge in [-0.25, -0.2) is 14.7 Å². The first-order valence-corrected chi connectivity index (χ1v) is 18.1. The van der Waals surface area contributed by atoms with Gasteiger partial charge in [-0.2, -0.15) is 8.42 Å². The van der Waals surface area contributed by atoms with Crippen LogP contribution in [0.4, 0.5) is 17.3 Å². The summed E-state index contributed by atoms with van der Waals surface area (Å²) in [7, 11) is -2.13. The number of carbonyl (C=O) groups is 1. The molecule has 3 atom stereocenters. The van der Waals surface area contributed by atoms with Gasteiger partial charge in [-0.1, -0.05) is 26.8 Å². The number of fused-ring (bicyclic) bond motifs is 5. The highest BCUT2D eigenvalue weighted by Gasteiger charge is 2.63. The number of nitrogens with one attached hydrogen (secondary N) is 2. The highest BCUT2D eigenvalue weighted by atomic mass is 32.2. The third kappa shape index (κ3) is 6.06. The van der Waals surface area contributed by atoms with Crippen LogP contribution in [0.15, 0.2) is 53.7 Å². The molecule has 3 aliphatic heterocycles. The Bertz CT molecular complexity index is 1800. The standard InChI is InChI=1S/C35H46N8O3S/c1-33(2,3)28-13-11-25-31(38-28)43-22-35(21-34(43,4)5)19-23(35)18-27(26-12-10-24(20-36-26)42-16-14-41(6)15-17-42)37-29-8-7-9-30(39-29)47(45,46)40-32(25)44/h7-13,20,23,27H,14-19,21-22H2,1-6H3,(H,37,39)(H,40,44). The van der Waals surface area contributed by atoms with Crippen molar-refractivity contribution in [1.29, 1.82) is 0 Å². The molecule has 2 N–H and O–H groups in total. The highest BCUT2D eigenvalue weighted by Crippen LogP contribution is 2.65. The minimum Gasteiger partial charge on any atom is -0.368 e. The lowest BCUT2D eigenvalue weighted by molar-refractivity contribution is 0.0981. The number of amides is 1. The number of nitrogens with zero attached hydrogens (tertiary/aromatic N) is 6. The maximum atomic E-state index is 13.8. The zero-order valence-electron chi connectivity index (χ0n) is 28.2. The largest absolute Gasteiger partial charge is 0.368 e. The molecule has 3 aromatic heterocycles. The van der Waals surface area contributed by atoms with Crippen LogP contribution in [0.5, 0.6) is 0 Å². The van der Waals surface area contributed by atoms with Gasteiger partial charge in [0.15, 0.2) is 5.03 Å². The van der Waals surface area contributed by atoms with Crippen molar-refractivity contribution in [2.45, 2.75) is 75.9 Å². The average molecular weight is 659 g/mol. The molecule has 2 saturated heterocycles. The van der Waals surface area contributed by atoms with Crippen LogP contribution in [0.3, 0.4) is 0 Å². The number of piperazine rings is 1. The van der Waals surface area contributed by atoms with Crippen molar-refractivity contribution in [1.82, 2.24) is 24.6 Å². The van der Waals surface area contributed by atoms with E-state index in [9.17, 15) is 13.2 Å². The first-order valence-electron chi connectivity index (χ1n) is 16.6. The van der Waals surface area contributed by atoms with Crippen LogP contribution in [0.25, 0.3) is 0 Å². The first kappa shape index (κ1) is 31.8. The minimum atomic E-state index is -4.28. The van der Waals surface area contributed by atoms with Crippen molar-refractivity contribution in [2.24, 2.45) is 11.3 Å². The Labute approximate surface area is 278 Å². The molecule has 1 spiro atoms. The fourth-order valence-electron chi connectivity index (χ4n) is 7.77. The van der Waals surface area contributed by atoms with Crippen LogP contribution in [0.2, 0.25) is 0 Å². The van der Waals surface area contributed by atoms with Crippen LogP contribution < -0.4 is 19.8 Å². The SMILES string of the molecule is CN1CCN(c2ccc(C3CC4CC45CN(c4nc(C(C)(C)C)ccc4C(=O)NS(=O)(=O)c4cccc(n4)N3)C(C)(C)C5)nc2)CC1. The molecule has 6 heterocycles. The van der Waals surface area contributed by atoms with E-state index < -0.39 is 15.9 Å². The monoisotopic (exact) mass is 658 g/mol. The summed E-state index contributed by atoms with van der Waals surface area (Å²) in [5, 5.41) is 3.31. The lowest BCUT2D eigenvalue weighted by atomic mass is 9.90. The van der Waals surface area contributed by atoms with Gasteiger partial charge in [0.2, 0.25) is 0 Å². The van der Waals surface area contributed by atoms with Gasteiger partial charge < -0.3 is 20.0 Å². The summed E-state index contributed by atoms with van der Waals surface area (Å²) in [4.78, 5) is 35.2. The molecule has 3 fully saturated rings. The van der Waals surface area contributed by atoms with E-state index >= 15 is 0 Å². The van der Waals surface area contributed by atoms with Crippen LogP contribution in [0, 0.1) is 11.3 Å². The number of aromatic nitrogens is 3. The first-order chi connectivity index (χ1) is 22.1. The van der Waals surface area contributed by atoms with Crippen molar-refractivity contribution >= 4 is 33.3 Å². The second-order valence-corrected chi connectivity index (χ2v) is 17.2. The van der Waals surface area contributed by atoms with Crippen LogP contribution in [0.1, 0.15) is 81.7 Å². The Morgan fingerprint density at radius 2 is 1.74 bits per heavy atom. The number of hydrogen-bond acceptors (Lipinski definition) is 10. The molecule has 0 radical (unpaired) electrons. The van der Waals surface area contributed by atoms with E-state index in [0.717, 1.165) is 69.1 Å². The van der Waals surface area contributed by atoms with E-state index in [4.69, 9.17) is 9.97 Å². The zero-order valence-corrected chi connectivity index (χ0v) is 29.1. The van der Waals surface area contributed by atoms with Gasteiger partial charge in [0, 0.05) is 49.4 Å². The quantitative estimate of drug-likeness (QED) is 0.404. The lowest BCUT2D eigenvalue weighted by Gasteiger charge is -2.34. The van der Waals surface area contributed by atoms with Gasteiger partial charge in [-0.15, -0.1) is 0 Å². The molecule has 3 unspecified atom stereocenters. The number of hydrogen-bond donors (Lipinski definition) is 2. The number of likely N-dealkylation sites (N-methyl/N-ethyl adjacent to an activating group) is 1. The molecule has 250 valence electrons. The van der Waals surface area contributed by atoms with Crippen LogP contribution in [-0.2, 0) is 15.4 Å². The van der Waals surface area contributed by atoms with E-state index in [1.807, 2.05) is 12.3 Å². The van der Waals surface area contributed by atoms with Gasteiger partial charge in [-0.3, -0.25) is 9.78 Å². The van der Waals surface area contributed by atoms with E-state index in [1.54, 1.807) is 18.2 Å². The third-order valence-electron chi connectivity index (χ3n) is 10.6. The molecule has 0 aromatic carbocycles. The van der Waals surface area contributed by atoms with Gasteiger partial charge in [0.1, 0.15) is 11.6 Å². The van der Waals surface area contributed by atoms with E-state index in [2.05, 4.69) is 83.5 Å². The normalized spacial score (nSPS) is 27.1. The second-order valence-electron chi connectivity index (χ2n) is 15.6. The lowest BCUT2D eigenvalue weighted by Crippen LogP contribution is -2.44. The van der Waals surface area contributed by atoms with E-state index in [-0.39, 0.29) is 33.0 Å². The molecular weight excluding hydrogens is 613 g/mol. The number of rotatable bonds is 2. The summed E-state index contributed by atoms with van der Waals surface area (Å²) >= 11 is 0. The van der Waals surface area contributed by atoms with E-state index in [0.29, 0.717) is 17.6 Å². The predicted octanol–water partition coefficient (Wildman–Crippen LogP) is 4.59. The van der Waals surface area contributed by atoms with Crippen molar-refractivity contribution in [2.75, 3.05) is 54.9 Å². The van der Waals surface area contributed by atoms with Crippen molar-refractivity contribution in [3.8, 4) is 0 Å². The van der Waals surface area contributed by atoms with Gasteiger partial charge >= 0.3 is 0 Å². The average Bonchev–Trinajstić information content (AvgIpc) is 3.59. The zero-order chi connectivity index (χ0) is 33.4. The second kappa shape index (κ2) is 11.2. The molecular formula is C35H46N8O3S. The number of pyridine rings is 3. The molecule has 11 nitrogen and oxygen atoms in total. The smallest absolute Gasteiger partial charge is 0.281 e. The maximum Gasteiger partial charge on any atom is 0.281 e. The molecule has 4 bridgehead atoms. The molecule has 1 amide bonds. The van der Waals surface area contributed by atoms with Crippen molar-refractivity contribution < 1.29 is 13.2 Å². The number of carbonyl (C=O) groups excluding carboxylic acids is 1. The Hall–Kier alpha value is -3.77. The molecule has 47 heavy (non-hydrogen) atoms. The third-order valence-corrected chi connectivity index (χ3v) is 11.8. The summed E-state index contributed by atoms with van der Waals surface area (Å²) in [5.74, 6) is 0.647. The highest BCUT2D eigenvalue weighted by molar-refractivity contribution is 7.90. The van der Waals surface area contributed by atoms with Crippen molar-refractivity contribution in [3.63, 3.8) is 0 Å². The summed E-state index contributed by atoms with van der Waals surface area (Å²) in [6, 6.07) is 12.4. The summed E-state index contributed by atoms with van der Waals surface area (Å²) in [5.41, 5.74) is 2.60. The van der Waals surface area contributed by atoms with Crippen LogP contribution >= 0.6 is 0 Å². The van der Waals surface area contributed by atoms with Crippen LogP contribution in [-0.4, -0.2) is 79.5 Å². The molecule has 1 saturated carbocycles.